The fourth-order valence-corrected chi connectivity index (χ4v) is 3.33. The predicted octanol–water partition coefficient (Wildman–Crippen LogP) is 3.53. The lowest BCUT2D eigenvalue weighted by molar-refractivity contribution is 0.0771. The number of carbonyl (C=O) groups is 1. The van der Waals surface area contributed by atoms with Gasteiger partial charge < -0.3 is 14.1 Å². The van der Waals surface area contributed by atoms with Crippen LogP contribution in [-0.4, -0.2) is 24.5 Å². The summed E-state index contributed by atoms with van der Waals surface area (Å²) in [4.78, 5) is 27.2. The third kappa shape index (κ3) is 2.40. The molecule has 0 radical (unpaired) electrons. The molecule has 0 spiro atoms. The standard InChI is InChI=1S/C21H17NO4/c1-3-12-25-14-10-8-13(9-11-14)18-17-19(23)15-6-4-5-7-16(15)26-20(17)21(24)22(18)2/h3-11,18H,1,12H2,2H3/t18-/m1/s1. The van der Waals surface area contributed by atoms with Crippen molar-refractivity contribution in [3.63, 3.8) is 0 Å². The van der Waals surface area contributed by atoms with E-state index in [4.69, 9.17) is 9.15 Å². The topological polar surface area (TPSA) is 59.8 Å². The van der Waals surface area contributed by atoms with Gasteiger partial charge in [-0.25, -0.2) is 0 Å². The molecular weight excluding hydrogens is 330 g/mol. The first-order valence-electron chi connectivity index (χ1n) is 8.28. The second-order valence-corrected chi connectivity index (χ2v) is 6.16. The minimum atomic E-state index is -0.480. The van der Waals surface area contributed by atoms with Gasteiger partial charge in [0, 0.05) is 7.05 Å². The first-order valence-corrected chi connectivity index (χ1v) is 8.28. The van der Waals surface area contributed by atoms with Crippen LogP contribution in [0.4, 0.5) is 0 Å². The van der Waals surface area contributed by atoms with Crippen LogP contribution in [-0.2, 0) is 0 Å². The summed E-state index contributed by atoms with van der Waals surface area (Å²) in [5.74, 6) is 0.527. The van der Waals surface area contributed by atoms with Crippen LogP contribution in [0.5, 0.6) is 5.75 Å². The first-order chi connectivity index (χ1) is 12.6. The minimum Gasteiger partial charge on any atom is -0.490 e. The Balaban J connectivity index is 1.84. The van der Waals surface area contributed by atoms with Gasteiger partial charge in [0.05, 0.1) is 17.0 Å². The number of hydrogen-bond donors (Lipinski definition) is 0. The number of fused-ring (bicyclic) bond motifs is 2. The highest BCUT2D eigenvalue weighted by atomic mass is 16.5. The van der Waals surface area contributed by atoms with Gasteiger partial charge in [-0.3, -0.25) is 9.59 Å². The molecule has 4 rings (SSSR count). The number of rotatable bonds is 4. The molecule has 0 aliphatic carbocycles. The maximum Gasteiger partial charge on any atom is 0.290 e. The maximum absolute atomic E-state index is 13.0. The van der Waals surface area contributed by atoms with E-state index < -0.39 is 6.04 Å². The largest absolute Gasteiger partial charge is 0.490 e. The summed E-state index contributed by atoms with van der Waals surface area (Å²) in [5.41, 5.74) is 1.47. The molecule has 0 fully saturated rings. The molecule has 2 aromatic carbocycles. The Bertz CT molecular complexity index is 1070. The lowest BCUT2D eigenvalue weighted by Gasteiger charge is -2.20. The van der Waals surface area contributed by atoms with Crippen molar-refractivity contribution >= 4 is 16.9 Å². The van der Waals surface area contributed by atoms with Gasteiger partial charge in [-0.15, -0.1) is 0 Å². The summed E-state index contributed by atoms with van der Waals surface area (Å²) in [6.45, 7) is 4.04. The van der Waals surface area contributed by atoms with Crippen molar-refractivity contribution in [1.82, 2.24) is 4.90 Å². The molecule has 3 aromatic rings. The molecule has 130 valence electrons. The molecule has 0 bridgehead atoms. The zero-order valence-electron chi connectivity index (χ0n) is 14.3. The van der Waals surface area contributed by atoms with Gasteiger partial charge in [0.25, 0.3) is 5.91 Å². The van der Waals surface area contributed by atoms with Crippen LogP contribution < -0.4 is 10.2 Å². The molecule has 1 aromatic heterocycles. The number of hydrogen-bond acceptors (Lipinski definition) is 4. The maximum atomic E-state index is 13.0. The predicted molar refractivity (Wildman–Crippen MR) is 98.6 cm³/mol. The second-order valence-electron chi connectivity index (χ2n) is 6.16. The summed E-state index contributed by atoms with van der Waals surface area (Å²) in [7, 11) is 1.68. The Morgan fingerprint density at radius 2 is 1.88 bits per heavy atom. The smallest absolute Gasteiger partial charge is 0.290 e. The fraction of sp³-hybridized carbons (Fsp3) is 0.143. The van der Waals surface area contributed by atoms with Gasteiger partial charge in [0.1, 0.15) is 17.9 Å². The van der Waals surface area contributed by atoms with E-state index >= 15 is 0 Å². The summed E-state index contributed by atoms with van der Waals surface area (Å²) >= 11 is 0. The monoisotopic (exact) mass is 347 g/mol. The van der Waals surface area contributed by atoms with Gasteiger partial charge in [-0.05, 0) is 29.8 Å². The molecule has 0 saturated carbocycles. The molecule has 5 heteroatoms. The third-order valence-corrected chi connectivity index (χ3v) is 4.57. The van der Waals surface area contributed by atoms with Crippen LogP contribution in [0.25, 0.3) is 11.0 Å². The summed E-state index contributed by atoms with van der Waals surface area (Å²) in [5, 5.41) is 0.477. The van der Waals surface area contributed by atoms with Crippen molar-refractivity contribution in [2.75, 3.05) is 13.7 Å². The van der Waals surface area contributed by atoms with Gasteiger partial charge in [0.15, 0.2) is 5.43 Å². The Morgan fingerprint density at radius 1 is 1.15 bits per heavy atom. The number of amides is 1. The summed E-state index contributed by atoms with van der Waals surface area (Å²) < 4.78 is 11.3. The molecule has 1 amide bonds. The molecule has 1 atom stereocenters. The van der Waals surface area contributed by atoms with Crippen molar-refractivity contribution in [3.8, 4) is 5.75 Å². The van der Waals surface area contributed by atoms with E-state index in [1.807, 2.05) is 24.3 Å². The minimum absolute atomic E-state index is 0.119. The lowest BCUT2D eigenvalue weighted by atomic mass is 9.99. The molecule has 26 heavy (non-hydrogen) atoms. The van der Waals surface area contributed by atoms with Crippen molar-refractivity contribution in [1.29, 1.82) is 0 Å². The fourth-order valence-electron chi connectivity index (χ4n) is 3.33. The van der Waals surface area contributed by atoms with E-state index in [1.54, 1.807) is 37.4 Å². The molecule has 2 heterocycles. The van der Waals surface area contributed by atoms with Crippen LogP contribution >= 0.6 is 0 Å². The highest BCUT2D eigenvalue weighted by Crippen LogP contribution is 2.37. The number of carbonyl (C=O) groups excluding carboxylic acids is 1. The van der Waals surface area contributed by atoms with Crippen LogP contribution in [0.1, 0.15) is 27.7 Å². The van der Waals surface area contributed by atoms with Crippen LogP contribution in [0, 0.1) is 0 Å². The van der Waals surface area contributed by atoms with Gasteiger partial charge in [-0.2, -0.15) is 0 Å². The van der Waals surface area contributed by atoms with Crippen molar-refractivity contribution in [2.24, 2.45) is 0 Å². The number of ether oxygens (including phenoxy) is 1. The first kappa shape index (κ1) is 16.1. The Kier molecular flexibility index (Phi) is 3.84. The number of benzene rings is 2. The number of nitrogens with zero attached hydrogens (tertiary/aromatic N) is 1. The van der Waals surface area contributed by atoms with E-state index in [1.165, 1.54) is 4.90 Å². The average molecular weight is 347 g/mol. The third-order valence-electron chi connectivity index (χ3n) is 4.57. The molecule has 0 unspecified atom stereocenters. The highest BCUT2D eigenvalue weighted by molar-refractivity contribution is 5.98. The zero-order valence-corrected chi connectivity index (χ0v) is 14.3. The molecule has 1 aliphatic rings. The Hall–Kier alpha value is -3.34. The highest BCUT2D eigenvalue weighted by Gasteiger charge is 2.40. The quantitative estimate of drug-likeness (QED) is 0.678. The van der Waals surface area contributed by atoms with Crippen molar-refractivity contribution in [2.45, 2.75) is 6.04 Å². The molecular formula is C21H17NO4. The Labute approximate surface area is 150 Å². The van der Waals surface area contributed by atoms with E-state index in [2.05, 4.69) is 6.58 Å². The summed E-state index contributed by atoms with van der Waals surface area (Å²) in [6.07, 6.45) is 1.67. The molecule has 5 nitrogen and oxygen atoms in total. The second kappa shape index (κ2) is 6.19. The van der Waals surface area contributed by atoms with E-state index in [0.717, 1.165) is 5.56 Å². The van der Waals surface area contributed by atoms with Crippen LogP contribution in [0.2, 0.25) is 0 Å². The SMILES string of the molecule is C=CCOc1ccc([C@@H]2c3c(oc4ccccc4c3=O)C(=O)N2C)cc1. The normalized spacial score (nSPS) is 16.0. The van der Waals surface area contributed by atoms with Crippen LogP contribution in [0.3, 0.4) is 0 Å². The van der Waals surface area contributed by atoms with E-state index in [9.17, 15) is 9.59 Å². The number of para-hydroxylation sites is 1. The molecule has 0 saturated heterocycles. The molecule has 0 N–H and O–H groups in total. The van der Waals surface area contributed by atoms with Gasteiger partial charge in [-0.1, -0.05) is 36.9 Å². The molecule has 1 aliphatic heterocycles. The van der Waals surface area contributed by atoms with Crippen molar-refractivity contribution < 1.29 is 13.9 Å². The van der Waals surface area contributed by atoms with E-state index in [0.29, 0.717) is 28.9 Å². The lowest BCUT2D eigenvalue weighted by Crippen LogP contribution is -2.25. The average Bonchev–Trinajstić information content (AvgIpc) is 2.92. The summed E-state index contributed by atoms with van der Waals surface area (Å²) in [6, 6.07) is 13.8. The zero-order chi connectivity index (χ0) is 18.3. The Morgan fingerprint density at radius 3 is 2.62 bits per heavy atom. The van der Waals surface area contributed by atoms with Gasteiger partial charge in [0.2, 0.25) is 5.76 Å². The van der Waals surface area contributed by atoms with Gasteiger partial charge >= 0.3 is 0 Å². The van der Waals surface area contributed by atoms with Crippen LogP contribution in [0.15, 0.2) is 70.4 Å². The van der Waals surface area contributed by atoms with Crippen molar-refractivity contribution in [3.05, 3.63) is 88.3 Å². The van der Waals surface area contributed by atoms with E-state index in [-0.39, 0.29) is 17.1 Å².